The largest absolute Gasteiger partial charge is 0.481 e. The molecule has 1 aliphatic heterocycles. The topological polar surface area (TPSA) is 101 Å². The van der Waals surface area contributed by atoms with Crippen LogP contribution in [-0.4, -0.2) is 47.9 Å². The van der Waals surface area contributed by atoms with E-state index in [0.717, 1.165) is 33.8 Å². The first-order valence-corrected chi connectivity index (χ1v) is 11.7. The number of ketones is 1. The maximum Gasteiger partial charge on any atom is 0.307 e. The predicted octanol–water partition coefficient (Wildman–Crippen LogP) is 3.78. The van der Waals surface area contributed by atoms with E-state index in [-0.39, 0.29) is 18.6 Å². The van der Waals surface area contributed by atoms with Gasteiger partial charge in [0.2, 0.25) is 0 Å². The van der Waals surface area contributed by atoms with Crippen LogP contribution in [0.4, 0.5) is 17.1 Å². The molecular weight excluding hydrogens is 458 g/mol. The highest BCUT2D eigenvalue weighted by Gasteiger charge is 2.24. The Labute approximate surface area is 210 Å². The van der Waals surface area contributed by atoms with Gasteiger partial charge in [0.25, 0.3) is 0 Å². The van der Waals surface area contributed by atoms with Crippen LogP contribution in [0.25, 0.3) is 0 Å². The summed E-state index contributed by atoms with van der Waals surface area (Å²) in [5.41, 5.74) is 5.41. The van der Waals surface area contributed by atoms with Crippen molar-refractivity contribution in [2.24, 2.45) is 0 Å². The molecule has 1 saturated heterocycles. The summed E-state index contributed by atoms with van der Waals surface area (Å²) in [6.07, 6.45) is 0.367. The second-order valence-corrected chi connectivity index (χ2v) is 9.06. The minimum Gasteiger partial charge on any atom is -0.481 e. The molecule has 0 amide bonds. The van der Waals surface area contributed by atoms with E-state index in [1.165, 1.54) is 0 Å². The third-order valence-electron chi connectivity index (χ3n) is 6.09. The highest BCUT2D eigenvalue weighted by atomic mass is 16.4. The molecule has 0 atom stereocenters. The van der Waals surface area contributed by atoms with Crippen molar-refractivity contribution in [3.8, 4) is 0 Å². The molecule has 2 N–H and O–H groups in total. The van der Waals surface area contributed by atoms with Gasteiger partial charge in [-0.3, -0.25) is 14.4 Å². The number of nitrogens with zero attached hydrogens (tertiary/aromatic N) is 3. The molecule has 0 spiro atoms. The molecular formula is C28H29N3O5. The molecule has 0 aliphatic carbocycles. The van der Waals surface area contributed by atoms with Crippen LogP contribution in [0.1, 0.15) is 23.6 Å². The van der Waals surface area contributed by atoms with Crippen LogP contribution in [0.5, 0.6) is 0 Å². The fraction of sp³-hybridized carbons (Fsp3) is 0.250. The molecule has 3 aromatic carbocycles. The number of hydrogen-bond acceptors (Lipinski definition) is 6. The first kappa shape index (κ1) is 24.8. The van der Waals surface area contributed by atoms with Crippen LogP contribution in [0.3, 0.4) is 0 Å². The van der Waals surface area contributed by atoms with Crippen LogP contribution in [-0.2, 0) is 33.6 Å². The second-order valence-electron chi connectivity index (χ2n) is 9.06. The van der Waals surface area contributed by atoms with E-state index in [0.29, 0.717) is 26.4 Å². The van der Waals surface area contributed by atoms with Gasteiger partial charge in [-0.2, -0.15) is 0 Å². The van der Waals surface area contributed by atoms with Crippen molar-refractivity contribution < 1.29 is 24.6 Å². The lowest BCUT2D eigenvalue weighted by atomic mass is 10.1. The fourth-order valence-electron chi connectivity index (χ4n) is 4.35. The Morgan fingerprint density at radius 3 is 1.08 bits per heavy atom. The summed E-state index contributed by atoms with van der Waals surface area (Å²) in [6, 6.07) is 23.1. The molecule has 0 saturated carbocycles. The predicted molar refractivity (Wildman–Crippen MR) is 138 cm³/mol. The standard InChI is InChI=1S/C28H29N3O5/c1-20(32)14-21-2-8-24(9-3-21)29-17-30(25-10-4-22(5-11-25)15-27(33)34)19-31(18-29)26-12-6-23(7-13-26)16-28(35)36/h2-13H,14-19H2,1H3,(H,33,34)(H,35,36). The number of carboxylic acids is 2. The average molecular weight is 488 g/mol. The summed E-state index contributed by atoms with van der Waals surface area (Å²) >= 11 is 0. The maximum absolute atomic E-state index is 11.5. The number of rotatable bonds is 9. The van der Waals surface area contributed by atoms with Crippen molar-refractivity contribution in [1.82, 2.24) is 0 Å². The van der Waals surface area contributed by atoms with Gasteiger partial charge in [-0.1, -0.05) is 36.4 Å². The zero-order valence-corrected chi connectivity index (χ0v) is 20.1. The molecule has 0 radical (unpaired) electrons. The van der Waals surface area contributed by atoms with E-state index < -0.39 is 11.9 Å². The Morgan fingerprint density at radius 1 is 0.556 bits per heavy atom. The number of benzene rings is 3. The average Bonchev–Trinajstić information content (AvgIpc) is 2.84. The van der Waals surface area contributed by atoms with Gasteiger partial charge in [-0.05, 0) is 60.0 Å². The Balaban J connectivity index is 1.59. The SMILES string of the molecule is CC(=O)Cc1ccc(N2CN(c3ccc(CC(=O)O)cc3)CN(c3ccc(CC(=O)O)cc3)C2)cc1. The lowest BCUT2D eigenvalue weighted by Gasteiger charge is -2.45. The molecule has 1 heterocycles. The van der Waals surface area contributed by atoms with Crippen molar-refractivity contribution >= 4 is 34.8 Å². The number of Topliss-reactive ketones (excluding diaryl/α,β-unsaturated/α-hetero) is 1. The summed E-state index contributed by atoms with van der Waals surface area (Å²) in [5, 5.41) is 18.1. The van der Waals surface area contributed by atoms with Gasteiger partial charge in [0.15, 0.2) is 0 Å². The summed E-state index contributed by atoms with van der Waals surface area (Å²) < 4.78 is 0. The highest BCUT2D eigenvalue weighted by molar-refractivity contribution is 5.78. The van der Waals surface area contributed by atoms with Gasteiger partial charge >= 0.3 is 11.9 Å². The van der Waals surface area contributed by atoms with Gasteiger partial charge in [0.1, 0.15) is 5.78 Å². The quantitative estimate of drug-likeness (QED) is 0.470. The van der Waals surface area contributed by atoms with Gasteiger partial charge in [0, 0.05) is 23.5 Å². The van der Waals surface area contributed by atoms with Crippen molar-refractivity contribution in [3.05, 3.63) is 89.5 Å². The van der Waals surface area contributed by atoms with E-state index in [2.05, 4.69) is 14.7 Å². The Hall–Kier alpha value is -4.33. The Bertz CT molecular complexity index is 1060. The lowest BCUT2D eigenvalue weighted by Crippen LogP contribution is -2.55. The Kier molecular flexibility index (Phi) is 7.53. The third-order valence-corrected chi connectivity index (χ3v) is 6.09. The molecule has 1 fully saturated rings. The number of aliphatic carboxylic acids is 2. The maximum atomic E-state index is 11.5. The van der Waals surface area contributed by atoms with E-state index in [4.69, 9.17) is 10.2 Å². The van der Waals surface area contributed by atoms with Gasteiger partial charge in [-0.15, -0.1) is 0 Å². The second kappa shape index (κ2) is 10.9. The summed E-state index contributed by atoms with van der Waals surface area (Å²) in [4.78, 5) is 40.2. The smallest absolute Gasteiger partial charge is 0.307 e. The number of anilines is 3. The van der Waals surface area contributed by atoms with Crippen molar-refractivity contribution in [2.75, 3.05) is 34.7 Å². The van der Waals surface area contributed by atoms with Crippen LogP contribution in [0.2, 0.25) is 0 Å². The van der Waals surface area contributed by atoms with E-state index in [9.17, 15) is 14.4 Å². The molecule has 186 valence electrons. The van der Waals surface area contributed by atoms with Crippen LogP contribution < -0.4 is 14.7 Å². The molecule has 36 heavy (non-hydrogen) atoms. The first-order chi connectivity index (χ1) is 17.3. The number of carbonyl (C=O) groups excluding carboxylic acids is 1. The molecule has 3 aromatic rings. The summed E-state index contributed by atoms with van der Waals surface area (Å²) in [7, 11) is 0. The molecule has 0 unspecified atom stereocenters. The van der Waals surface area contributed by atoms with Crippen molar-refractivity contribution in [2.45, 2.75) is 26.2 Å². The van der Waals surface area contributed by atoms with Crippen molar-refractivity contribution in [1.29, 1.82) is 0 Å². The summed E-state index contributed by atoms with van der Waals surface area (Å²) in [5.74, 6) is -1.61. The van der Waals surface area contributed by atoms with Crippen LogP contribution in [0.15, 0.2) is 72.8 Å². The third kappa shape index (κ3) is 6.41. The van der Waals surface area contributed by atoms with E-state index in [1.807, 2.05) is 72.8 Å². The minimum absolute atomic E-state index is 0.0200. The van der Waals surface area contributed by atoms with E-state index >= 15 is 0 Å². The first-order valence-electron chi connectivity index (χ1n) is 11.7. The van der Waals surface area contributed by atoms with Gasteiger partial charge in [0.05, 0.1) is 32.8 Å². The number of hydrogen-bond donors (Lipinski definition) is 2. The molecule has 0 bridgehead atoms. The molecule has 4 rings (SSSR count). The van der Waals surface area contributed by atoms with Crippen LogP contribution in [0, 0.1) is 0 Å². The molecule has 0 aromatic heterocycles. The number of carbonyl (C=O) groups is 3. The molecule has 1 aliphatic rings. The fourth-order valence-corrected chi connectivity index (χ4v) is 4.35. The summed E-state index contributed by atoms with van der Waals surface area (Å²) in [6.45, 7) is 3.43. The van der Waals surface area contributed by atoms with Crippen LogP contribution >= 0.6 is 0 Å². The molecule has 8 nitrogen and oxygen atoms in total. The minimum atomic E-state index is -0.863. The zero-order valence-electron chi connectivity index (χ0n) is 20.1. The van der Waals surface area contributed by atoms with E-state index in [1.54, 1.807) is 6.92 Å². The number of carboxylic acid groups (broad SMARTS) is 2. The molecule has 8 heteroatoms. The van der Waals surface area contributed by atoms with Crippen molar-refractivity contribution in [3.63, 3.8) is 0 Å². The monoisotopic (exact) mass is 487 g/mol. The highest BCUT2D eigenvalue weighted by Crippen LogP contribution is 2.27. The lowest BCUT2D eigenvalue weighted by molar-refractivity contribution is -0.137. The Morgan fingerprint density at radius 2 is 0.833 bits per heavy atom. The zero-order chi connectivity index (χ0) is 25.7. The normalized spacial score (nSPS) is 13.5. The van der Waals surface area contributed by atoms with Gasteiger partial charge in [-0.25, -0.2) is 0 Å². The van der Waals surface area contributed by atoms with Gasteiger partial charge < -0.3 is 24.9 Å².